The number of aromatic nitrogens is 3. The van der Waals surface area contributed by atoms with Gasteiger partial charge in [0.15, 0.2) is 11.5 Å². The molecule has 0 fully saturated rings. The van der Waals surface area contributed by atoms with Gasteiger partial charge in [0.1, 0.15) is 5.82 Å². The molecule has 0 bridgehead atoms. The van der Waals surface area contributed by atoms with Crippen LogP contribution in [0.25, 0.3) is 5.65 Å². The van der Waals surface area contributed by atoms with Gasteiger partial charge in [-0.25, -0.2) is 4.39 Å². The van der Waals surface area contributed by atoms with Gasteiger partial charge in [-0.3, -0.25) is 9.20 Å². The Labute approximate surface area is 143 Å². The molecule has 1 N–H and O–H groups in total. The van der Waals surface area contributed by atoms with Crippen molar-refractivity contribution in [2.75, 3.05) is 0 Å². The van der Waals surface area contributed by atoms with Gasteiger partial charge in [0.2, 0.25) is 0 Å². The summed E-state index contributed by atoms with van der Waals surface area (Å²) < 4.78 is 52.6. The first-order valence-corrected chi connectivity index (χ1v) is 7.27. The van der Waals surface area contributed by atoms with E-state index in [1.165, 1.54) is 12.1 Å². The van der Waals surface area contributed by atoms with Crippen molar-refractivity contribution in [2.24, 2.45) is 0 Å². The highest BCUT2D eigenvalue weighted by molar-refractivity contribution is 6.33. The van der Waals surface area contributed by atoms with Gasteiger partial charge >= 0.3 is 6.18 Å². The average Bonchev–Trinajstić information content (AvgIpc) is 2.96. The first-order valence-electron chi connectivity index (χ1n) is 6.90. The van der Waals surface area contributed by atoms with E-state index in [-0.39, 0.29) is 28.6 Å². The molecule has 0 atom stereocenters. The zero-order valence-corrected chi connectivity index (χ0v) is 13.1. The van der Waals surface area contributed by atoms with Gasteiger partial charge in [0.25, 0.3) is 5.91 Å². The van der Waals surface area contributed by atoms with E-state index in [9.17, 15) is 22.4 Å². The molecule has 0 saturated heterocycles. The minimum absolute atomic E-state index is 0.0423. The molecule has 0 radical (unpaired) electrons. The number of alkyl halides is 3. The number of benzene rings is 1. The number of fused-ring (bicyclic) bond motifs is 1. The smallest absolute Gasteiger partial charge is 0.345 e. The monoisotopic (exact) mass is 372 g/mol. The number of nitrogens with one attached hydrogen (secondary N) is 1. The van der Waals surface area contributed by atoms with Gasteiger partial charge in [-0.15, -0.1) is 10.2 Å². The van der Waals surface area contributed by atoms with Crippen LogP contribution in [0.15, 0.2) is 36.5 Å². The molecule has 0 unspecified atom stereocenters. The van der Waals surface area contributed by atoms with Crippen LogP contribution < -0.4 is 5.32 Å². The van der Waals surface area contributed by atoms with Gasteiger partial charge in [-0.2, -0.15) is 13.2 Å². The maximum Gasteiger partial charge on any atom is 0.417 e. The summed E-state index contributed by atoms with van der Waals surface area (Å²) in [5, 5.41) is 9.73. The third-order valence-electron chi connectivity index (χ3n) is 3.37. The van der Waals surface area contributed by atoms with Crippen LogP contribution in [-0.2, 0) is 12.7 Å². The number of rotatable bonds is 3. The molecule has 1 amide bonds. The maximum absolute atomic E-state index is 12.9. The molecule has 0 aliphatic rings. The zero-order chi connectivity index (χ0) is 18.2. The van der Waals surface area contributed by atoms with Crippen LogP contribution >= 0.6 is 11.6 Å². The number of nitrogens with zero attached hydrogens (tertiary/aromatic N) is 3. The third kappa shape index (κ3) is 3.55. The fourth-order valence-electron chi connectivity index (χ4n) is 2.14. The van der Waals surface area contributed by atoms with Crippen LogP contribution in [-0.4, -0.2) is 20.5 Å². The number of pyridine rings is 1. The minimum Gasteiger partial charge on any atom is -0.345 e. The Kier molecular flexibility index (Phi) is 4.34. The number of amides is 1. The van der Waals surface area contributed by atoms with Crippen molar-refractivity contribution in [3.05, 3.63) is 64.3 Å². The second kappa shape index (κ2) is 6.32. The molecule has 1 aromatic carbocycles. The van der Waals surface area contributed by atoms with Crippen molar-refractivity contribution in [1.82, 2.24) is 19.9 Å². The summed E-state index contributed by atoms with van der Waals surface area (Å²) in [6.45, 7) is -0.186. The van der Waals surface area contributed by atoms with Crippen molar-refractivity contribution in [3.63, 3.8) is 0 Å². The van der Waals surface area contributed by atoms with Crippen LogP contribution in [0, 0.1) is 5.82 Å². The Morgan fingerprint density at radius 3 is 2.52 bits per heavy atom. The standard InChI is InChI=1S/C15H9ClF4N4O/c16-11-5-9(15(18,19)20)7-24-12(22-23-13(11)24)6-21-14(25)8-1-3-10(17)4-2-8/h1-5,7H,6H2,(H,21,25). The molecule has 0 aliphatic carbocycles. The number of halogens is 5. The zero-order valence-electron chi connectivity index (χ0n) is 12.3. The summed E-state index contributed by atoms with van der Waals surface area (Å²) in [6.07, 6.45) is -3.78. The molecule has 5 nitrogen and oxygen atoms in total. The van der Waals surface area contributed by atoms with Crippen molar-refractivity contribution >= 4 is 23.2 Å². The van der Waals surface area contributed by atoms with E-state index in [4.69, 9.17) is 11.6 Å². The number of hydrogen-bond acceptors (Lipinski definition) is 3. The lowest BCUT2D eigenvalue weighted by molar-refractivity contribution is -0.137. The summed E-state index contributed by atoms with van der Waals surface area (Å²) in [6, 6.07) is 5.57. The van der Waals surface area contributed by atoms with Crippen LogP contribution in [0.1, 0.15) is 21.7 Å². The van der Waals surface area contributed by atoms with Gasteiger partial charge in [-0.1, -0.05) is 11.6 Å². The molecule has 2 aromatic heterocycles. The summed E-state index contributed by atoms with van der Waals surface area (Å²) in [7, 11) is 0. The van der Waals surface area contributed by atoms with Gasteiger partial charge in [0.05, 0.1) is 17.1 Å². The van der Waals surface area contributed by atoms with Crippen molar-refractivity contribution < 1.29 is 22.4 Å². The highest BCUT2D eigenvalue weighted by Crippen LogP contribution is 2.32. The predicted octanol–water partition coefficient (Wildman–Crippen LogP) is 3.47. The van der Waals surface area contributed by atoms with Crippen LogP contribution in [0.3, 0.4) is 0 Å². The molecule has 10 heteroatoms. The largest absolute Gasteiger partial charge is 0.417 e. The lowest BCUT2D eigenvalue weighted by Gasteiger charge is -2.09. The van der Waals surface area contributed by atoms with E-state index in [2.05, 4.69) is 15.5 Å². The predicted molar refractivity (Wildman–Crippen MR) is 80.6 cm³/mol. The summed E-state index contributed by atoms with van der Waals surface area (Å²) in [5.41, 5.74) is -0.721. The van der Waals surface area contributed by atoms with E-state index in [0.717, 1.165) is 28.8 Å². The summed E-state index contributed by atoms with van der Waals surface area (Å²) in [4.78, 5) is 12.0. The molecule has 130 valence electrons. The Bertz CT molecular complexity index is 937. The van der Waals surface area contributed by atoms with E-state index in [1.54, 1.807) is 0 Å². The van der Waals surface area contributed by atoms with Gasteiger partial charge < -0.3 is 5.32 Å². The molecule has 2 heterocycles. The number of carbonyl (C=O) groups is 1. The second-order valence-corrected chi connectivity index (χ2v) is 5.48. The first kappa shape index (κ1) is 17.2. The summed E-state index contributed by atoms with van der Waals surface area (Å²) >= 11 is 5.81. The Balaban J connectivity index is 1.85. The Hall–Kier alpha value is -2.68. The topological polar surface area (TPSA) is 59.3 Å². The molecule has 0 aliphatic heterocycles. The molecule has 3 rings (SSSR count). The van der Waals surface area contributed by atoms with E-state index in [0.29, 0.717) is 0 Å². The van der Waals surface area contributed by atoms with Crippen molar-refractivity contribution in [2.45, 2.75) is 12.7 Å². The first-order chi connectivity index (χ1) is 11.8. The molecule has 0 spiro atoms. The normalized spacial score (nSPS) is 11.7. The number of hydrogen-bond donors (Lipinski definition) is 1. The SMILES string of the molecule is O=C(NCc1nnc2c(Cl)cc(C(F)(F)F)cn12)c1ccc(F)cc1. The lowest BCUT2D eigenvalue weighted by Crippen LogP contribution is -2.24. The van der Waals surface area contributed by atoms with Crippen LogP contribution in [0.4, 0.5) is 17.6 Å². The van der Waals surface area contributed by atoms with E-state index >= 15 is 0 Å². The molecule has 3 aromatic rings. The quantitative estimate of drug-likeness (QED) is 0.716. The highest BCUT2D eigenvalue weighted by Gasteiger charge is 2.32. The second-order valence-electron chi connectivity index (χ2n) is 5.07. The lowest BCUT2D eigenvalue weighted by atomic mass is 10.2. The van der Waals surface area contributed by atoms with Crippen LogP contribution in [0.2, 0.25) is 5.02 Å². The molecular formula is C15H9ClF4N4O. The summed E-state index contributed by atoms with van der Waals surface area (Å²) in [5.74, 6) is -0.956. The Morgan fingerprint density at radius 1 is 1.20 bits per heavy atom. The Morgan fingerprint density at radius 2 is 1.88 bits per heavy atom. The van der Waals surface area contributed by atoms with E-state index < -0.39 is 23.5 Å². The third-order valence-corrected chi connectivity index (χ3v) is 3.65. The van der Waals surface area contributed by atoms with Crippen molar-refractivity contribution in [1.29, 1.82) is 0 Å². The van der Waals surface area contributed by atoms with Crippen molar-refractivity contribution in [3.8, 4) is 0 Å². The minimum atomic E-state index is -4.59. The fourth-order valence-corrected chi connectivity index (χ4v) is 2.38. The molecular weight excluding hydrogens is 364 g/mol. The van der Waals surface area contributed by atoms with Gasteiger partial charge in [0, 0.05) is 11.8 Å². The number of carbonyl (C=O) groups excluding carboxylic acids is 1. The van der Waals surface area contributed by atoms with Gasteiger partial charge in [-0.05, 0) is 30.3 Å². The fraction of sp³-hybridized carbons (Fsp3) is 0.133. The highest BCUT2D eigenvalue weighted by atomic mass is 35.5. The average molecular weight is 373 g/mol. The molecule has 0 saturated carbocycles. The maximum atomic E-state index is 12.9. The van der Waals surface area contributed by atoms with E-state index in [1.807, 2.05) is 0 Å². The van der Waals surface area contributed by atoms with Crippen LogP contribution in [0.5, 0.6) is 0 Å². The molecule has 25 heavy (non-hydrogen) atoms.